The summed E-state index contributed by atoms with van der Waals surface area (Å²) in [7, 11) is 0. The first-order valence-corrected chi connectivity index (χ1v) is 7.70. The molecule has 1 saturated heterocycles. The summed E-state index contributed by atoms with van der Waals surface area (Å²) in [5, 5.41) is 6.33. The van der Waals surface area contributed by atoms with E-state index in [-0.39, 0.29) is 18.3 Å². The van der Waals surface area contributed by atoms with Crippen LogP contribution in [0.2, 0.25) is 0 Å². The van der Waals surface area contributed by atoms with Gasteiger partial charge in [-0.25, -0.2) is 0 Å². The van der Waals surface area contributed by atoms with Crippen molar-refractivity contribution in [3.05, 3.63) is 28.7 Å². The van der Waals surface area contributed by atoms with Crippen molar-refractivity contribution in [3.63, 3.8) is 0 Å². The summed E-state index contributed by atoms with van der Waals surface area (Å²) in [6.45, 7) is 4.36. The Morgan fingerprint density at radius 3 is 2.55 bits per heavy atom. The standard InChI is InChI=1S/C15H21BrN2O.ClH/c1-11(12-6-8-17-9-7-12)10-15(19)18-14-4-2-13(16)3-5-14;/h2-5,11-12,17H,6-10H2,1H3,(H,18,19);1H. The number of nitrogens with one attached hydrogen (secondary N) is 2. The molecule has 1 fully saturated rings. The molecule has 1 aromatic carbocycles. The number of rotatable bonds is 4. The van der Waals surface area contributed by atoms with Gasteiger partial charge in [0, 0.05) is 16.6 Å². The van der Waals surface area contributed by atoms with Gasteiger partial charge < -0.3 is 10.6 Å². The van der Waals surface area contributed by atoms with Crippen molar-refractivity contribution < 1.29 is 4.79 Å². The number of carbonyl (C=O) groups is 1. The van der Waals surface area contributed by atoms with Crippen LogP contribution in [0.25, 0.3) is 0 Å². The Hall–Kier alpha value is -0.580. The zero-order valence-corrected chi connectivity index (χ0v) is 14.1. The fourth-order valence-electron chi connectivity index (χ4n) is 2.62. The molecule has 2 rings (SSSR count). The van der Waals surface area contributed by atoms with Crippen LogP contribution >= 0.6 is 28.3 Å². The van der Waals surface area contributed by atoms with E-state index in [1.807, 2.05) is 24.3 Å². The van der Waals surface area contributed by atoms with Crippen molar-refractivity contribution in [2.45, 2.75) is 26.2 Å². The van der Waals surface area contributed by atoms with Crippen LogP contribution in [0, 0.1) is 11.8 Å². The van der Waals surface area contributed by atoms with E-state index in [9.17, 15) is 4.79 Å². The Balaban J connectivity index is 0.00000200. The molecule has 20 heavy (non-hydrogen) atoms. The summed E-state index contributed by atoms with van der Waals surface area (Å²) in [6, 6.07) is 7.70. The number of amides is 1. The highest BCUT2D eigenvalue weighted by Gasteiger charge is 2.21. The van der Waals surface area contributed by atoms with Crippen LogP contribution < -0.4 is 10.6 Å². The van der Waals surface area contributed by atoms with E-state index >= 15 is 0 Å². The number of carbonyl (C=O) groups excluding carboxylic acids is 1. The van der Waals surface area contributed by atoms with Crippen LogP contribution in [-0.2, 0) is 4.79 Å². The number of halogens is 2. The molecule has 112 valence electrons. The van der Waals surface area contributed by atoms with Gasteiger partial charge >= 0.3 is 0 Å². The third-order valence-electron chi connectivity index (χ3n) is 3.82. The number of piperidine rings is 1. The second kappa shape index (κ2) is 8.65. The summed E-state index contributed by atoms with van der Waals surface area (Å²) >= 11 is 3.39. The molecule has 0 spiro atoms. The second-order valence-corrected chi connectivity index (χ2v) is 6.24. The minimum absolute atomic E-state index is 0. The Kier molecular flexibility index (Phi) is 7.56. The molecule has 1 aromatic rings. The largest absolute Gasteiger partial charge is 0.326 e. The average Bonchev–Trinajstić information content (AvgIpc) is 2.42. The molecular formula is C15H22BrClN2O. The maximum absolute atomic E-state index is 12.0. The van der Waals surface area contributed by atoms with Crippen molar-refractivity contribution in [3.8, 4) is 0 Å². The molecule has 1 aliphatic rings. The lowest BCUT2D eigenvalue weighted by Gasteiger charge is -2.27. The first kappa shape index (κ1) is 17.5. The average molecular weight is 362 g/mol. The zero-order valence-electron chi connectivity index (χ0n) is 11.7. The maximum Gasteiger partial charge on any atom is 0.224 e. The van der Waals surface area contributed by atoms with Gasteiger partial charge in [0.2, 0.25) is 5.91 Å². The van der Waals surface area contributed by atoms with Crippen molar-refractivity contribution >= 4 is 39.9 Å². The SMILES string of the molecule is CC(CC(=O)Nc1ccc(Br)cc1)C1CCNCC1.Cl. The molecule has 1 amide bonds. The Labute approximate surface area is 135 Å². The van der Waals surface area contributed by atoms with Crippen LogP contribution in [0.15, 0.2) is 28.7 Å². The summed E-state index contributed by atoms with van der Waals surface area (Å²) in [5.74, 6) is 1.25. The topological polar surface area (TPSA) is 41.1 Å². The quantitative estimate of drug-likeness (QED) is 0.855. The van der Waals surface area contributed by atoms with Gasteiger partial charge in [-0.05, 0) is 62.0 Å². The highest BCUT2D eigenvalue weighted by atomic mass is 79.9. The van der Waals surface area contributed by atoms with Gasteiger partial charge in [-0.3, -0.25) is 4.79 Å². The normalized spacial score (nSPS) is 17.1. The number of benzene rings is 1. The molecular weight excluding hydrogens is 340 g/mol. The lowest BCUT2D eigenvalue weighted by atomic mass is 9.84. The Morgan fingerprint density at radius 1 is 1.35 bits per heavy atom. The highest BCUT2D eigenvalue weighted by molar-refractivity contribution is 9.10. The Bertz CT molecular complexity index is 418. The minimum Gasteiger partial charge on any atom is -0.326 e. The third-order valence-corrected chi connectivity index (χ3v) is 4.35. The van der Waals surface area contributed by atoms with Gasteiger partial charge in [0.1, 0.15) is 0 Å². The van der Waals surface area contributed by atoms with Crippen LogP contribution in [0.3, 0.4) is 0 Å². The van der Waals surface area contributed by atoms with Crippen molar-refractivity contribution in [1.29, 1.82) is 0 Å². The van der Waals surface area contributed by atoms with Gasteiger partial charge in [-0.15, -0.1) is 12.4 Å². The summed E-state index contributed by atoms with van der Waals surface area (Å²) in [4.78, 5) is 12.0. The highest BCUT2D eigenvalue weighted by Crippen LogP contribution is 2.24. The lowest BCUT2D eigenvalue weighted by Crippen LogP contribution is -2.32. The van der Waals surface area contributed by atoms with E-state index in [0.717, 1.165) is 23.2 Å². The number of hydrogen-bond donors (Lipinski definition) is 2. The molecule has 0 aliphatic carbocycles. The zero-order chi connectivity index (χ0) is 13.7. The summed E-state index contributed by atoms with van der Waals surface area (Å²) < 4.78 is 1.02. The van der Waals surface area contributed by atoms with Gasteiger partial charge in [0.05, 0.1) is 0 Å². The van der Waals surface area contributed by atoms with Gasteiger partial charge in [0.15, 0.2) is 0 Å². The summed E-state index contributed by atoms with van der Waals surface area (Å²) in [5.41, 5.74) is 0.866. The monoisotopic (exact) mass is 360 g/mol. The molecule has 1 unspecified atom stereocenters. The Morgan fingerprint density at radius 2 is 1.95 bits per heavy atom. The van der Waals surface area contributed by atoms with Gasteiger partial charge in [-0.1, -0.05) is 22.9 Å². The van der Waals surface area contributed by atoms with Crippen LogP contribution in [-0.4, -0.2) is 19.0 Å². The number of anilines is 1. The molecule has 1 heterocycles. The molecule has 0 radical (unpaired) electrons. The molecule has 3 nitrogen and oxygen atoms in total. The molecule has 0 bridgehead atoms. The van der Waals surface area contributed by atoms with Crippen LogP contribution in [0.5, 0.6) is 0 Å². The predicted octanol–water partition coefficient (Wildman–Crippen LogP) is 3.84. The van der Waals surface area contributed by atoms with Crippen LogP contribution in [0.4, 0.5) is 5.69 Å². The number of hydrogen-bond acceptors (Lipinski definition) is 2. The van der Waals surface area contributed by atoms with Crippen LogP contribution in [0.1, 0.15) is 26.2 Å². The van der Waals surface area contributed by atoms with E-state index in [0.29, 0.717) is 18.3 Å². The molecule has 1 atom stereocenters. The summed E-state index contributed by atoms with van der Waals surface area (Å²) in [6.07, 6.45) is 2.99. The smallest absolute Gasteiger partial charge is 0.224 e. The van der Waals surface area contributed by atoms with E-state index in [1.165, 1.54) is 12.8 Å². The van der Waals surface area contributed by atoms with E-state index in [1.54, 1.807) is 0 Å². The molecule has 0 aromatic heterocycles. The van der Waals surface area contributed by atoms with Gasteiger partial charge in [0.25, 0.3) is 0 Å². The first-order chi connectivity index (χ1) is 9.15. The van der Waals surface area contributed by atoms with Gasteiger partial charge in [-0.2, -0.15) is 0 Å². The molecule has 5 heteroatoms. The fourth-order valence-corrected chi connectivity index (χ4v) is 2.88. The minimum atomic E-state index is 0. The van der Waals surface area contributed by atoms with Crippen molar-refractivity contribution in [2.24, 2.45) is 11.8 Å². The van der Waals surface area contributed by atoms with Crippen molar-refractivity contribution in [2.75, 3.05) is 18.4 Å². The molecule has 2 N–H and O–H groups in total. The lowest BCUT2D eigenvalue weighted by molar-refractivity contribution is -0.117. The second-order valence-electron chi connectivity index (χ2n) is 5.32. The third kappa shape index (κ3) is 5.43. The van der Waals surface area contributed by atoms with E-state index in [4.69, 9.17) is 0 Å². The van der Waals surface area contributed by atoms with Crippen molar-refractivity contribution in [1.82, 2.24) is 5.32 Å². The van der Waals surface area contributed by atoms with E-state index in [2.05, 4.69) is 33.5 Å². The maximum atomic E-state index is 12.0. The molecule has 1 aliphatic heterocycles. The molecule has 0 saturated carbocycles. The van der Waals surface area contributed by atoms with E-state index < -0.39 is 0 Å². The fraction of sp³-hybridized carbons (Fsp3) is 0.533. The predicted molar refractivity (Wildman–Crippen MR) is 89.4 cm³/mol. The first-order valence-electron chi connectivity index (χ1n) is 6.91.